The summed E-state index contributed by atoms with van der Waals surface area (Å²) in [7, 11) is 4.29. The van der Waals surface area contributed by atoms with Crippen molar-refractivity contribution in [3.63, 3.8) is 0 Å². The summed E-state index contributed by atoms with van der Waals surface area (Å²) in [6.45, 7) is 0. The summed E-state index contributed by atoms with van der Waals surface area (Å²) < 4.78 is 0. The van der Waals surface area contributed by atoms with Crippen LogP contribution in [0.2, 0.25) is 0 Å². The molecule has 1 aliphatic carbocycles. The van der Waals surface area contributed by atoms with E-state index in [-0.39, 0.29) is 0 Å². The summed E-state index contributed by atoms with van der Waals surface area (Å²) in [5.74, 6) is 2.56. The van der Waals surface area contributed by atoms with Gasteiger partial charge in [0.25, 0.3) is 0 Å². The van der Waals surface area contributed by atoms with Gasteiger partial charge in [0.1, 0.15) is 0 Å². The molecule has 4 rings (SSSR count). The lowest BCUT2D eigenvalue weighted by Crippen LogP contribution is -2.25. The first-order valence-corrected chi connectivity index (χ1v) is 9.64. The van der Waals surface area contributed by atoms with Gasteiger partial charge in [-0.3, -0.25) is 0 Å². The van der Waals surface area contributed by atoms with Crippen LogP contribution in [0.3, 0.4) is 0 Å². The Bertz CT molecular complexity index is 718. The van der Waals surface area contributed by atoms with E-state index in [2.05, 4.69) is 72.5 Å². The third-order valence-electron chi connectivity index (χ3n) is 4.97. The van der Waals surface area contributed by atoms with Crippen LogP contribution in [0.15, 0.2) is 36.4 Å². The highest BCUT2D eigenvalue weighted by Gasteiger charge is 2.22. The second kappa shape index (κ2) is 6.12. The molecule has 1 fully saturated rings. The van der Waals surface area contributed by atoms with Crippen molar-refractivity contribution < 1.29 is 0 Å². The minimum absolute atomic E-state index is 0.615. The molecule has 1 N–H and O–H groups in total. The average Bonchev–Trinajstić information content (AvgIpc) is 2.93. The molecule has 0 saturated carbocycles. The largest absolute Gasteiger partial charge is 0.381 e. The molecule has 1 saturated heterocycles. The first-order valence-electron chi connectivity index (χ1n) is 8.49. The molecule has 0 aromatic heterocycles. The van der Waals surface area contributed by atoms with E-state index in [0.717, 1.165) is 6.42 Å². The highest BCUT2D eigenvalue weighted by atomic mass is 32.2. The molecule has 3 heteroatoms. The molecule has 2 aromatic rings. The van der Waals surface area contributed by atoms with Crippen molar-refractivity contribution in [2.24, 2.45) is 0 Å². The number of anilines is 2. The zero-order chi connectivity index (χ0) is 15.8. The van der Waals surface area contributed by atoms with Crippen LogP contribution in [0.4, 0.5) is 11.4 Å². The standard InChI is InChI=1S/C20H24N2S/c1-22(2)20-12-15-11-14-5-3-4-6-17(14)18(15)13-19(20)21-16-7-9-23-10-8-16/h3-6,12-13,16,21H,7-11H2,1-2H3. The van der Waals surface area contributed by atoms with Gasteiger partial charge in [-0.25, -0.2) is 0 Å². The van der Waals surface area contributed by atoms with Crippen LogP contribution in [0.25, 0.3) is 11.1 Å². The van der Waals surface area contributed by atoms with E-state index in [1.54, 1.807) is 0 Å². The van der Waals surface area contributed by atoms with Gasteiger partial charge in [-0.1, -0.05) is 24.3 Å². The molecule has 2 nitrogen and oxygen atoms in total. The Balaban J connectivity index is 1.73. The lowest BCUT2D eigenvalue weighted by atomic mass is 10.0. The SMILES string of the molecule is CN(C)c1cc2c(cc1NC1CCSCC1)-c1ccccc1C2. The molecule has 23 heavy (non-hydrogen) atoms. The smallest absolute Gasteiger partial charge is 0.0600 e. The Labute approximate surface area is 143 Å². The summed E-state index contributed by atoms with van der Waals surface area (Å²) in [4.78, 5) is 2.24. The van der Waals surface area contributed by atoms with Gasteiger partial charge in [0.05, 0.1) is 11.4 Å². The fraction of sp³-hybridized carbons (Fsp3) is 0.400. The Morgan fingerprint density at radius 3 is 2.57 bits per heavy atom. The zero-order valence-corrected chi connectivity index (χ0v) is 14.7. The van der Waals surface area contributed by atoms with Crippen molar-refractivity contribution in [1.82, 2.24) is 0 Å². The summed E-state index contributed by atoms with van der Waals surface area (Å²) in [6, 6.07) is 14.2. The number of benzene rings is 2. The van der Waals surface area contributed by atoms with E-state index in [1.807, 2.05) is 0 Å². The van der Waals surface area contributed by atoms with Gasteiger partial charge in [0.15, 0.2) is 0 Å². The second-order valence-corrected chi connectivity index (χ2v) is 8.01. The minimum Gasteiger partial charge on any atom is -0.381 e. The van der Waals surface area contributed by atoms with E-state index in [9.17, 15) is 0 Å². The van der Waals surface area contributed by atoms with E-state index in [0.29, 0.717) is 6.04 Å². The normalized spacial score (nSPS) is 16.8. The van der Waals surface area contributed by atoms with Gasteiger partial charge in [0.2, 0.25) is 0 Å². The topological polar surface area (TPSA) is 15.3 Å². The first-order chi connectivity index (χ1) is 11.2. The molecule has 0 amide bonds. The molecule has 0 radical (unpaired) electrons. The Morgan fingerprint density at radius 1 is 1.00 bits per heavy atom. The van der Waals surface area contributed by atoms with Crippen LogP contribution >= 0.6 is 11.8 Å². The number of nitrogens with zero attached hydrogens (tertiary/aromatic N) is 1. The van der Waals surface area contributed by atoms with Crippen molar-refractivity contribution >= 4 is 23.1 Å². The predicted molar refractivity (Wildman–Crippen MR) is 103 cm³/mol. The third kappa shape index (κ3) is 2.83. The zero-order valence-electron chi connectivity index (χ0n) is 13.9. The fourth-order valence-corrected chi connectivity index (χ4v) is 4.82. The molecular weight excluding hydrogens is 300 g/mol. The number of nitrogens with one attached hydrogen (secondary N) is 1. The summed E-state index contributed by atoms with van der Waals surface area (Å²) >= 11 is 2.08. The van der Waals surface area contributed by atoms with Crippen LogP contribution in [0.1, 0.15) is 24.0 Å². The van der Waals surface area contributed by atoms with Crippen molar-refractivity contribution in [3.8, 4) is 11.1 Å². The molecule has 120 valence electrons. The van der Waals surface area contributed by atoms with Gasteiger partial charge in [-0.05, 0) is 65.2 Å². The summed E-state index contributed by atoms with van der Waals surface area (Å²) in [5.41, 5.74) is 8.35. The monoisotopic (exact) mass is 324 g/mol. The van der Waals surface area contributed by atoms with Gasteiger partial charge in [-0.15, -0.1) is 0 Å². The number of thioether (sulfide) groups is 1. The molecular formula is C20H24N2S. The molecule has 0 spiro atoms. The maximum absolute atomic E-state index is 3.84. The van der Waals surface area contributed by atoms with E-state index in [4.69, 9.17) is 0 Å². The Kier molecular flexibility index (Phi) is 3.98. The van der Waals surface area contributed by atoms with Crippen LogP contribution in [0.5, 0.6) is 0 Å². The Morgan fingerprint density at radius 2 is 1.78 bits per heavy atom. The minimum atomic E-state index is 0.615. The van der Waals surface area contributed by atoms with Crippen LogP contribution in [-0.2, 0) is 6.42 Å². The van der Waals surface area contributed by atoms with Crippen LogP contribution < -0.4 is 10.2 Å². The van der Waals surface area contributed by atoms with Gasteiger partial charge in [0, 0.05) is 20.1 Å². The maximum atomic E-state index is 3.84. The molecule has 1 aliphatic heterocycles. The first kappa shape index (κ1) is 14.9. The lowest BCUT2D eigenvalue weighted by Gasteiger charge is -2.27. The summed E-state index contributed by atoms with van der Waals surface area (Å²) in [5, 5.41) is 3.84. The lowest BCUT2D eigenvalue weighted by molar-refractivity contribution is 0.667. The number of hydrogen-bond acceptors (Lipinski definition) is 3. The predicted octanol–water partition coefficient (Wildman–Crippen LogP) is 4.63. The number of fused-ring (bicyclic) bond motifs is 3. The Hall–Kier alpha value is -1.61. The van der Waals surface area contributed by atoms with Gasteiger partial charge >= 0.3 is 0 Å². The van der Waals surface area contributed by atoms with E-state index in [1.165, 1.54) is 58.0 Å². The van der Waals surface area contributed by atoms with E-state index >= 15 is 0 Å². The van der Waals surface area contributed by atoms with Crippen molar-refractivity contribution in [2.75, 3.05) is 35.8 Å². The fourth-order valence-electron chi connectivity index (χ4n) is 3.72. The molecule has 2 aromatic carbocycles. The number of hydrogen-bond donors (Lipinski definition) is 1. The van der Waals surface area contributed by atoms with Gasteiger partial charge < -0.3 is 10.2 Å². The van der Waals surface area contributed by atoms with Gasteiger partial charge in [-0.2, -0.15) is 11.8 Å². The molecule has 0 unspecified atom stereocenters. The highest BCUT2D eigenvalue weighted by Crippen LogP contribution is 2.42. The quantitative estimate of drug-likeness (QED) is 0.756. The van der Waals surface area contributed by atoms with Crippen molar-refractivity contribution in [2.45, 2.75) is 25.3 Å². The highest BCUT2D eigenvalue weighted by molar-refractivity contribution is 7.99. The van der Waals surface area contributed by atoms with Crippen LogP contribution in [-0.4, -0.2) is 31.6 Å². The molecule has 2 aliphatic rings. The van der Waals surface area contributed by atoms with Crippen molar-refractivity contribution in [3.05, 3.63) is 47.5 Å². The maximum Gasteiger partial charge on any atom is 0.0600 e. The average molecular weight is 324 g/mol. The summed E-state index contributed by atoms with van der Waals surface area (Å²) in [6.07, 6.45) is 3.60. The van der Waals surface area contributed by atoms with E-state index < -0.39 is 0 Å². The third-order valence-corrected chi connectivity index (χ3v) is 6.02. The molecule has 0 atom stereocenters. The molecule has 0 bridgehead atoms. The second-order valence-electron chi connectivity index (χ2n) is 6.79. The van der Waals surface area contributed by atoms with Crippen molar-refractivity contribution in [1.29, 1.82) is 0 Å². The molecule has 1 heterocycles. The van der Waals surface area contributed by atoms with Crippen LogP contribution in [0, 0.1) is 0 Å². The number of rotatable bonds is 3.